The summed E-state index contributed by atoms with van der Waals surface area (Å²) in [4.78, 5) is 34.9. The number of anilines is 1. The van der Waals surface area contributed by atoms with Crippen LogP contribution in [0.25, 0.3) is 10.9 Å². The molecule has 5 rings (SSSR count). The zero-order valence-electron chi connectivity index (χ0n) is 16.9. The van der Waals surface area contributed by atoms with Gasteiger partial charge in [-0.15, -0.1) is 0 Å². The molecule has 150 valence electrons. The molecule has 0 atom stereocenters. The maximum Gasteiger partial charge on any atom is 0.261 e. The molecule has 3 saturated heterocycles. The van der Waals surface area contributed by atoms with Gasteiger partial charge in [-0.05, 0) is 51.8 Å². The number of fused-ring (bicyclic) bond motifs is 5. The van der Waals surface area contributed by atoms with Crippen molar-refractivity contribution in [3.05, 3.63) is 34.4 Å². The summed E-state index contributed by atoms with van der Waals surface area (Å²) in [6, 6.07) is 6.56. The Labute approximate surface area is 165 Å². The molecule has 1 N–H and O–H groups in total. The van der Waals surface area contributed by atoms with E-state index in [1.54, 1.807) is 6.92 Å². The van der Waals surface area contributed by atoms with E-state index in [9.17, 15) is 9.59 Å². The summed E-state index contributed by atoms with van der Waals surface area (Å²) >= 11 is 0. The zero-order valence-corrected chi connectivity index (χ0v) is 16.9. The minimum atomic E-state index is -0.170. The standard InChI is InChI=1S/C21H29N5O2/c1-14(2)22-20(27)13-26-15(3)23-19-5-4-17(12-18(19)21(26)28)25-11-10-24-8-6-16(25)7-9-24/h4-5,12,14,16H,6-11,13H2,1-3H3,(H,22,27). The van der Waals surface area contributed by atoms with Gasteiger partial charge in [0.15, 0.2) is 0 Å². The Bertz CT molecular complexity index is 944. The number of aromatic nitrogens is 2. The van der Waals surface area contributed by atoms with Crippen LogP contribution in [0, 0.1) is 6.92 Å². The quantitative estimate of drug-likeness (QED) is 0.867. The van der Waals surface area contributed by atoms with Crippen LogP contribution in [0.2, 0.25) is 0 Å². The Morgan fingerprint density at radius 3 is 2.68 bits per heavy atom. The normalized spacial score (nSPS) is 21.9. The summed E-state index contributed by atoms with van der Waals surface area (Å²) < 4.78 is 1.48. The smallest absolute Gasteiger partial charge is 0.261 e. The van der Waals surface area contributed by atoms with Crippen molar-refractivity contribution in [2.24, 2.45) is 0 Å². The van der Waals surface area contributed by atoms with Crippen LogP contribution in [0.1, 0.15) is 32.5 Å². The SMILES string of the molecule is Cc1nc2ccc(N3CCN4CCC3CC4)cc2c(=O)n1CC(=O)NC(C)C. The van der Waals surface area contributed by atoms with Gasteiger partial charge in [-0.1, -0.05) is 0 Å². The van der Waals surface area contributed by atoms with Crippen molar-refractivity contribution < 1.29 is 4.79 Å². The van der Waals surface area contributed by atoms with Crippen LogP contribution in [0.15, 0.2) is 23.0 Å². The van der Waals surface area contributed by atoms with E-state index in [0.717, 1.165) is 31.9 Å². The van der Waals surface area contributed by atoms with E-state index in [4.69, 9.17) is 0 Å². The second kappa shape index (κ2) is 7.54. The molecule has 1 amide bonds. The minimum Gasteiger partial charge on any atom is -0.367 e. The Morgan fingerprint density at radius 2 is 1.96 bits per heavy atom. The molecule has 2 bridgehead atoms. The molecular weight excluding hydrogens is 354 g/mol. The topological polar surface area (TPSA) is 70.5 Å². The number of piperidine rings is 1. The van der Waals surface area contributed by atoms with E-state index >= 15 is 0 Å². The number of benzene rings is 1. The van der Waals surface area contributed by atoms with Gasteiger partial charge in [0.05, 0.1) is 10.9 Å². The molecule has 7 nitrogen and oxygen atoms in total. The number of aryl methyl sites for hydroxylation is 1. The first kappa shape index (κ1) is 18.9. The third kappa shape index (κ3) is 3.63. The molecule has 0 saturated carbocycles. The van der Waals surface area contributed by atoms with Crippen molar-refractivity contribution >= 4 is 22.5 Å². The highest BCUT2D eigenvalue weighted by molar-refractivity contribution is 5.83. The summed E-state index contributed by atoms with van der Waals surface area (Å²) in [5.41, 5.74) is 1.63. The Morgan fingerprint density at radius 1 is 1.21 bits per heavy atom. The fourth-order valence-electron chi connectivity index (χ4n) is 4.42. The number of nitrogens with one attached hydrogen (secondary N) is 1. The van der Waals surface area contributed by atoms with Crippen LogP contribution in [-0.4, -0.2) is 58.6 Å². The number of amides is 1. The van der Waals surface area contributed by atoms with E-state index in [-0.39, 0.29) is 24.1 Å². The largest absolute Gasteiger partial charge is 0.367 e. The molecule has 0 aliphatic carbocycles. The number of carbonyl (C=O) groups excluding carboxylic acids is 1. The van der Waals surface area contributed by atoms with Crippen LogP contribution in [0.4, 0.5) is 5.69 Å². The monoisotopic (exact) mass is 383 g/mol. The van der Waals surface area contributed by atoms with E-state index in [1.165, 1.54) is 17.4 Å². The molecule has 0 radical (unpaired) electrons. The molecule has 0 spiro atoms. The lowest BCUT2D eigenvalue weighted by molar-refractivity contribution is -0.122. The highest BCUT2D eigenvalue weighted by Gasteiger charge is 2.29. The van der Waals surface area contributed by atoms with Crippen LogP contribution in [0.5, 0.6) is 0 Å². The fourth-order valence-corrected chi connectivity index (χ4v) is 4.42. The van der Waals surface area contributed by atoms with Crippen LogP contribution in [-0.2, 0) is 11.3 Å². The molecule has 3 aliphatic rings. The van der Waals surface area contributed by atoms with Gasteiger partial charge in [0.2, 0.25) is 5.91 Å². The number of nitrogens with zero attached hydrogens (tertiary/aromatic N) is 4. The third-order valence-corrected chi connectivity index (χ3v) is 5.87. The molecule has 2 aromatic rings. The van der Waals surface area contributed by atoms with Crippen molar-refractivity contribution in [2.45, 2.75) is 52.2 Å². The number of hydrogen-bond donors (Lipinski definition) is 1. The average Bonchev–Trinajstić information content (AvgIpc) is 2.98. The van der Waals surface area contributed by atoms with E-state index < -0.39 is 0 Å². The maximum atomic E-state index is 13.1. The van der Waals surface area contributed by atoms with Crippen LogP contribution in [0.3, 0.4) is 0 Å². The second-order valence-corrected chi connectivity index (χ2v) is 8.24. The van der Waals surface area contributed by atoms with Crippen molar-refractivity contribution in [1.82, 2.24) is 19.8 Å². The van der Waals surface area contributed by atoms with E-state index in [0.29, 0.717) is 22.8 Å². The van der Waals surface area contributed by atoms with E-state index in [2.05, 4.69) is 26.2 Å². The molecular formula is C21H29N5O2. The lowest BCUT2D eigenvalue weighted by atomic mass is 10.0. The Hall–Kier alpha value is -2.41. The number of rotatable bonds is 4. The van der Waals surface area contributed by atoms with Crippen molar-refractivity contribution in [3.63, 3.8) is 0 Å². The molecule has 4 heterocycles. The first-order valence-electron chi connectivity index (χ1n) is 10.2. The lowest BCUT2D eigenvalue weighted by Crippen LogP contribution is -2.38. The van der Waals surface area contributed by atoms with Gasteiger partial charge in [0.1, 0.15) is 12.4 Å². The second-order valence-electron chi connectivity index (χ2n) is 8.24. The fraction of sp³-hybridized carbons (Fsp3) is 0.571. The lowest BCUT2D eigenvalue weighted by Gasteiger charge is -2.33. The highest BCUT2D eigenvalue weighted by Crippen LogP contribution is 2.28. The summed E-state index contributed by atoms with van der Waals surface area (Å²) in [7, 11) is 0. The molecule has 1 aromatic heterocycles. The molecule has 1 aromatic carbocycles. The summed E-state index contributed by atoms with van der Waals surface area (Å²) in [5, 5.41) is 3.43. The maximum absolute atomic E-state index is 13.1. The Balaban J connectivity index is 1.70. The summed E-state index contributed by atoms with van der Waals surface area (Å²) in [6.07, 6.45) is 2.34. The number of carbonyl (C=O) groups is 1. The van der Waals surface area contributed by atoms with Crippen LogP contribution < -0.4 is 15.8 Å². The van der Waals surface area contributed by atoms with Gasteiger partial charge in [-0.25, -0.2) is 4.98 Å². The van der Waals surface area contributed by atoms with Gasteiger partial charge >= 0.3 is 0 Å². The van der Waals surface area contributed by atoms with Gasteiger partial charge in [-0.3, -0.25) is 14.2 Å². The van der Waals surface area contributed by atoms with Gasteiger partial charge in [0, 0.05) is 44.0 Å². The third-order valence-electron chi connectivity index (χ3n) is 5.87. The van der Waals surface area contributed by atoms with Crippen LogP contribution >= 0.6 is 0 Å². The minimum absolute atomic E-state index is 0.00267. The predicted molar refractivity (Wildman–Crippen MR) is 111 cm³/mol. The summed E-state index contributed by atoms with van der Waals surface area (Å²) in [6.45, 7) is 9.96. The van der Waals surface area contributed by atoms with E-state index in [1.807, 2.05) is 26.0 Å². The molecule has 7 heteroatoms. The molecule has 3 aliphatic heterocycles. The van der Waals surface area contributed by atoms with Gasteiger partial charge in [0.25, 0.3) is 5.56 Å². The first-order chi connectivity index (χ1) is 13.4. The average molecular weight is 383 g/mol. The van der Waals surface area contributed by atoms with Gasteiger partial charge in [-0.2, -0.15) is 0 Å². The predicted octanol–water partition coefficient (Wildman–Crippen LogP) is 1.51. The Kier molecular flexibility index (Phi) is 5.10. The van der Waals surface area contributed by atoms with Gasteiger partial charge < -0.3 is 15.1 Å². The zero-order chi connectivity index (χ0) is 19.8. The number of hydrogen-bond acceptors (Lipinski definition) is 5. The summed E-state index contributed by atoms with van der Waals surface area (Å²) in [5.74, 6) is 0.390. The van der Waals surface area contributed by atoms with Crippen molar-refractivity contribution in [1.29, 1.82) is 0 Å². The molecule has 3 fully saturated rings. The highest BCUT2D eigenvalue weighted by atomic mass is 16.2. The molecule has 28 heavy (non-hydrogen) atoms. The van der Waals surface area contributed by atoms with Crippen molar-refractivity contribution in [2.75, 3.05) is 31.1 Å². The van der Waals surface area contributed by atoms with Crippen molar-refractivity contribution in [3.8, 4) is 0 Å². The first-order valence-corrected chi connectivity index (χ1v) is 10.2. The molecule has 0 unspecified atom stereocenters.